The largest absolute Gasteiger partial charge is 0.359 e. The van der Waals surface area contributed by atoms with E-state index in [0.29, 0.717) is 5.41 Å². The van der Waals surface area contributed by atoms with Crippen molar-refractivity contribution in [1.29, 1.82) is 0 Å². The number of rotatable bonds is 5. The fraction of sp³-hybridized carbons (Fsp3) is 0.684. The van der Waals surface area contributed by atoms with Crippen LogP contribution >= 0.6 is 0 Å². The van der Waals surface area contributed by atoms with Gasteiger partial charge in [0.25, 0.3) is 0 Å². The third-order valence-electron chi connectivity index (χ3n) is 3.22. The molecule has 116 valence electrons. The topological polar surface area (TPSA) is 12.0 Å². The van der Waals surface area contributed by atoms with Gasteiger partial charge >= 0.3 is 0 Å². The quantitative estimate of drug-likeness (QED) is 0.590. The van der Waals surface area contributed by atoms with Gasteiger partial charge in [-0.15, -0.1) is 0 Å². The molecule has 0 aromatic carbocycles. The summed E-state index contributed by atoms with van der Waals surface area (Å²) in [6.45, 7) is 20.1. The summed E-state index contributed by atoms with van der Waals surface area (Å²) in [7, 11) is 0. The van der Waals surface area contributed by atoms with Crippen LogP contribution < -0.4 is 5.32 Å². The summed E-state index contributed by atoms with van der Waals surface area (Å²) in [5.74, 6) is 0. The molecular weight excluding hydrogens is 242 g/mol. The fourth-order valence-electron chi connectivity index (χ4n) is 1.92. The average Bonchev–Trinajstić information content (AvgIpc) is 2.28. The van der Waals surface area contributed by atoms with E-state index in [9.17, 15) is 0 Å². The summed E-state index contributed by atoms with van der Waals surface area (Å²) in [5, 5.41) is 3.63. The van der Waals surface area contributed by atoms with Gasteiger partial charge in [-0.2, -0.15) is 0 Å². The summed E-state index contributed by atoms with van der Waals surface area (Å²) >= 11 is 0. The first-order chi connectivity index (χ1) is 9.01. The summed E-state index contributed by atoms with van der Waals surface area (Å²) in [4.78, 5) is 0. The van der Waals surface area contributed by atoms with E-state index in [1.807, 2.05) is 0 Å². The molecule has 0 aliphatic carbocycles. The van der Waals surface area contributed by atoms with E-state index in [0.717, 1.165) is 12.8 Å². The van der Waals surface area contributed by atoms with Crippen molar-refractivity contribution in [3.05, 3.63) is 35.2 Å². The highest BCUT2D eigenvalue weighted by atomic mass is 14.9. The van der Waals surface area contributed by atoms with Crippen LogP contribution in [0.25, 0.3) is 0 Å². The molecule has 1 N–H and O–H groups in total. The van der Waals surface area contributed by atoms with E-state index in [1.165, 1.54) is 17.0 Å². The molecule has 0 aromatic rings. The third-order valence-corrected chi connectivity index (χ3v) is 3.22. The van der Waals surface area contributed by atoms with Crippen molar-refractivity contribution in [2.45, 2.75) is 75.2 Å². The summed E-state index contributed by atoms with van der Waals surface area (Å²) in [5.41, 5.74) is 4.35. The Morgan fingerprint density at radius 1 is 1.00 bits per heavy atom. The van der Waals surface area contributed by atoms with Crippen molar-refractivity contribution >= 4 is 0 Å². The van der Waals surface area contributed by atoms with Crippen LogP contribution in [0.3, 0.4) is 0 Å². The third kappa shape index (κ3) is 7.57. The van der Waals surface area contributed by atoms with Crippen LogP contribution in [0.5, 0.6) is 0 Å². The van der Waals surface area contributed by atoms with E-state index >= 15 is 0 Å². The lowest BCUT2D eigenvalue weighted by Gasteiger charge is -2.26. The van der Waals surface area contributed by atoms with Gasteiger partial charge in [0.15, 0.2) is 0 Å². The number of nitrogens with one attached hydrogen (secondary N) is 1. The average molecular weight is 277 g/mol. The predicted octanol–water partition coefficient (Wildman–Crippen LogP) is 6.20. The Morgan fingerprint density at radius 2 is 1.55 bits per heavy atom. The molecule has 20 heavy (non-hydrogen) atoms. The number of hydrogen-bond acceptors (Lipinski definition) is 1. The second-order valence-corrected chi connectivity index (χ2v) is 7.76. The van der Waals surface area contributed by atoms with Crippen LogP contribution in [0.1, 0.15) is 75.2 Å². The smallest absolute Gasteiger partial charge is 0.0367 e. The van der Waals surface area contributed by atoms with Crippen molar-refractivity contribution in [1.82, 2.24) is 5.32 Å². The molecule has 0 fully saturated rings. The highest BCUT2D eigenvalue weighted by molar-refractivity contribution is 5.32. The molecule has 0 unspecified atom stereocenters. The maximum absolute atomic E-state index is 3.63. The zero-order valence-corrected chi connectivity index (χ0v) is 15.1. The standard InChI is InChI=1S/C19H35N/c1-10-12-16(15(3)13-14-18(4,5)6)20-17(11-2)19(7,8)9/h11-13,20H,10,14H2,1-9H3/b15-13-,16-12+,17-11-. The van der Waals surface area contributed by atoms with E-state index < -0.39 is 0 Å². The van der Waals surface area contributed by atoms with Crippen molar-refractivity contribution in [2.75, 3.05) is 0 Å². The molecule has 1 nitrogen and oxygen atoms in total. The predicted molar refractivity (Wildman–Crippen MR) is 92.6 cm³/mol. The monoisotopic (exact) mass is 277 g/mol. The highest BCUT2D eigenvalue weighted by Crippen LogP contribution is 2.26. The summed E-state index contributed by atoms with van der Waals surface area (Å²) in [6, 6.07) is 0. The number of hydrogen-bond donors (Lipinski definition) is 1. The second-order valence-electron chi connectivity index (χ2n) is 7.76. The molecule has 0 heterocycles. The van der Waals surface area contributed by atoms with Gasteiger partial charge in [0.05, 0.1) is 0 Å². The first kappa shape index (κ1) is 19.0. The lowest BCUT2D eigenvalue weighted by Crippen LogP contribution is -2.24. The first-order valence-corrected chi connectivity index (χ1v) is 7.82. The van der Waals surface area contributed by atoms with Crippen LogP contribution in [0.2, 0.25) is 0 Å². The minimum absolute atomic E-state index is 0.145. The minimum Gasteiger partial charge on any atom is -0.359 e. The normalized spacial score (nSPS) is 15.6. The highest BCUT2D eigenvalue weighted by Gasteiger charge is 2.17. The zero-order valence-electron chi connectivity index (χ0n) is 15.1. The molecule has 0 atom stereocenters. The van der Waals surface area contributed by atoms with Gasteiger partial charge in [-0.3, -0.25) is 0 Å². The molecule has 0 bridgehead atoms. The minimum atomic E-state index is 0.145. The Bertz CT molecular complexity index is 381. The maximum Gasteiger partial charge on any atom is 0.0367 e. The Balaban J connectivity index is 5.14. The molecule has 1 heteroatoms. The van der Waals surface area contributed by atoms with Gasteiger partial charge < -0.3 is 5.32 Å². The van der Waals surface area contributed by atoms with Gasteiger partial charge in [-0.05, 0) is 37.7 Å². The molecule has 0 aliphatic rings. The Hall–Kier alpha value is -0.980. The SMILES string of the molecule is C/C=C(\NC(=C/CC)/C(C)=C\CC(C)(C)C)C(C)(C)C. The van der Waals surface area contributed by atoms with Gasteiger partial charge in [-0.1, -0.05) is 66.7 Å². The molecule has 0 radical (unpaired) electrons. The molecule has 0 rings (SSSR count). The maximum atomic E-state index is 3.63. The summed E-state index contributed by atoms with van der Waals surface area (Å²) < 4.78 is 0. The summed E-state index contributed by atoms with van der Waals surface area (Å²) in [6.07, 6.45) is 8.96. The van der Waals surface area contributed by atoms with Crippen molar-refractivity contribution < 1.29 is 0 Å². The van der Waals surface area contributed by atoms with Crippen LogP contribution in [0, 0.1) is 10.8 Å². The Labute approximate surface area is 127 Å². The van der Waals surface area contributed by atoms with Gasteiger partial charge in [0.1, 0.15) is 0 Å². The van der Waals surface area contributed by atoms with Gasteiger partial charge in [-0.25, -0.2) is 0 Å². The van der Waals surface area contributed by atoms with Crippen LogP contribution in [0.4, 0.5) is 0 Å². The fourth-order valence-corrected chi connectivity index (χ4v) is 1.92. The van der Waals surface area contributed by atoms with E-state index in [2.05, 4.69) is 85.9 Å². The van der Waals surface area contributed by atoms with Crippen molar-refractivity contribution in [3.63, 3.8) is 0 Å². The lowest BCUT2D eigenvalue weighted by atomic mass is 9.90. The van der Waals surface area contributed by atoms with Crippen LogP contribution in [0.15, 0.2) is 35.2 Å². The Kier molecular flexibility index (Phi) is 7.33. The molecular formula is C19H35N. The Morgan fingerprint density at radius 3 is 1.90 bits per heavy atom. The number of allylic oxidation sites excluding steroid dienone is 5. The molecule has 0 aliphatic heterocycles. The molecule has 0 saturated carbocycles. The van der Waals surface area contributed by atoms with Gasteiger partial charge in [0.2, 0.25) is 0 Å². The van der Waals surface area contributed by atoms with E-state index in [-0.39, 0.29) is 5.41 Å². The second kappa shape index (κ2) is 7.71. The lowest BCUT2D eigenvalue weighted by molar-refractivity contribution is 0.419. The van der Waals surface area contributed by atoms with Gasteiger partial charge in [0, 0.05) is 16.8 Å². The van der Waals surface area contributed by atoms with Crippen LogP contribution in [-0.2, 0) is 0 Å². The molecule has 0 spiro atoms. The van der Waals surface area contributed by atoms with Crippen molar-refractivity contribution in [2.24, 2.45) is 10.8 Å². The zero-order chi connectivity index (χ0) is 16.0. The van der Waals surface area contributed by atoms with Crippen LogP contribution in [-0.4, -0.2) is 0 Å². The molecule has 0 amide bonds. The van der Waals surface area contributed by atoms with Crippen molar-refractivity contribution in [3.8, 4) is 0 Å². The van der Waals surface area contributed by atoms with E-state index in [4.69, 9.17) is 0 Å². The first-order valence-electron chi connectivity index (χ1n) is 7.82. The van der Waals surface area contributed by atoms with E-state index in [1.54, 1.807) is 0 Å². The molecule has 0 aromatic heterocycles. The molecule has 0 saturated heterocycles.